The molecule has 0 atom stereocenters. The van der Waals surface area contributed by atoms with Gasteiger partial charge < -0.3 is 4.98 Å². The third-order valence-electron chi connectivity index (χ3n) is 4.49. The number of fused-ring (bicyclic) bond motifs is 1. The molecule has 8 nitrogen and oxygen atoms in total. The van der Waals surface area contributed by atoms with E-state index in [0.29, 0.717) is 17.9 Å². The van der Waals surface area contributed by atoms with Gasteiger partial charge in [-0.3, -0.25) is 14.7 Å². The van der Waals surface area contributed by atoms with Gasteiger partial charge in [0.25, 0.3) is 5.56 Å². The number of rotatable bonds is 3. The third-order valence-corrected chi connectivity index (χ3v) is 4.49. The van der Waals surface area contributed by atoms with Gasteiger partial charge in [0.15, 0.2) is 5.82 Å². The van der Waals surface area contributed by atoms with Crippen LogP contribution in [-0.4, -0.2) is 47.9 Å². The quantitative estimate of drug-likeness (QED) is 0.750. The summed E-state index contributed by atoms with van der Waals surface area (Å²) in [6.07, 6.45) is 9.90. The highest BCUT2D eigenvalue weighted by Gasteiger charge is 2.19. The number of nitrogens with one attached hydrogen (secondary N) is 1. The molecule has 4 heterocycles. The molecular formula is C18H19N7O. The molecule has 3 aromatic heterocycles. The van der Waals surface area contributed by atoms with Gasteiger partial charge in [0, 0.05) is 62.0 Å². The van der Waals surface area contributed by atoms with Crippen LogP contribution in [0.1, 0.15) is 22.6 Å². The largest absolute Gasteiger partial charge is 0.305 e. The zero-order chi connectivity index (χ0) is 17.9. The Kier molecular flexibility index (Phi) is 4.49. The van der Waals surface area contributed by atoms with Crippen LogP contribution in [0.3, 0.4) is 0 Å². The van der Waals surface area contributed by atoms with E-state index in [4.69, 9.17) is 0 Å². The fourth-order valence-electron chi connectivity index (χ4n) is 3.11. The summed E-state index contributed by atoms with van der Waals surface area (Å²) in [4.78, 5) is 39.1. The van der Waals surface area contributed by atoms with Crippen LogP contribution in [-0.2, 0) is 19.4 Å². The Morgan fingerprint density at radius 1 is 1.08 bits per heavy atom. The van der Waals surface area contributed by atoms with Gasteiger partial charge in [-0.15, -0.1) is 0 Å². The fourth-order valence-corrected chi connectivity index (χ4v) is 3.11. The van der Waals surface area contributed by atoms with Gasteiger partial charge in [-0.05, 0) is 13.3 Å². The molecule has 26 heavy (non-hydrogen) atoms. The number of aromatic amines is 1. The molecule has 1 N–H and O–H groups in total. The van der Waals surface area contributed by atoms with Gasteiger partial charge in [0.2, 0.25) is 0 Å². The van der Waals surface area contributed by atoms with Crippen LogP contribution in [0.15, 0.2) is 35.8 Å². The van der Waals surface area contributed by atoms with E-state index in [1.54, 1.807) is 18.6 Å². The molecule has 4 rings (SSSR count). The van der Waals surface area contributed by atoms with Crippen molar-refractivity contribution < 1.29 is 0 Å². The molecule has 1 aliphatic rings. The summed E-state index contributed by atoms with van der Waals surface area (Å²) in [5, 5.41) is 0. The van der Waals surface area contributed by atoms with Crippen molar-refractivity contribution in [3.8, 4) is 11.5 Å². The van der Waals surface area contributed by atoms with Crippen molar-refractivity contribution in [1.29, 1.82) is 0 Å². The standard InChI is InChI=1S/C18H19N7O/c1-12-21-8-13(9-22-12)11-25-6-2-14-15(3-7-25)23-17(24-18(14)26)16-10-19-4-5-20-16/h4-5,8-10H,2-3,6-7,11H2,1H3,(H,23,24,26). The van der Waals surface area contributed by atoms with Crippen molar-refractivity contribution in [1.82, 2.24) is 34.8 Å². The lowest BCUT2D eigenvalue weighted by Gasteiger charge is -2.19. The Morgan fingerprint density at radius 3 is 2.65 bits per heavy atom. The molecule has 0 amide bonds. The molecule has 0 aromatic carbocycles. The predicted octanol–water partition coefficient (Wildman–Crippen LogP) is 0.926. The van der Waals surface area contributed by atoms with Crippen molar-refractivity contribution in [2.75, 3.05) is 13.1 Å². The van der Waals surface area contributed by atoms with Crippen molar-refractivity contribution in [3.05, 3.63) is 64.0 Å². The van der Waals surface area contributed by atoms with E-state index < -0.39 is 0 Å². The normalized spacial score (nSPS) is 14.7. The lowest BCUT2D eigenvalue weighted by Crippen LogP contribution is -2.26. The Hall–Kier alpha value is -3.00. The molecule has 0 unspecified atom stereocenters. The first kappa shape index (κ1) is 16.5. The summed E-state index contributed by atoms with van der Waals surface area (Å²) >= 11 is 0. The van der Waals surface area contributed by atoms with E-state index in [1.807, 2.05) is 19.3 Å². The molecule has 0 aliphatic carbocycles. The Bertz CT molecular complexity index is 954. The van der Waals surface area contributed by atoms with Gasteiger partial charge in [-0.25, -0.2) is 19.9 Å². The monoisotopic (exact) mass is 349 g/mol. The van der Waals surface area contributed by atoms with Crippen LogP contribution in [0.2, 0.25) is 0 Å². The zero-order valence-corrected chi connectivity index (χ0v) is 14.5. The van der Waals surface area contributed by atoms with Gasteiger partial charge in [0.1, 0.15) is 11.5 Å². The van der Waals surface area contributed by atoms with Crippen LogP contribution < -0.4 is 5.56 Å². The minimum absolute atomic E-state index is 0.0869. The molecule has 0 spiro atoms. The van der Waals surface area contributed by atoms with Gasteiger partial charge in [-0.1, -0.05) is 0 Å². The number of aryl methyl sites for hydroxylation is 1. The first-order valence-corrected chi connectivity index (χ1v) is 8.57. The minimum atomic E-state index is -0.0869. The first-order valence-electron chi connectivity index (χ1n) is 8.57. The summed E-state index contributed by atoms with van der Waals surface area (Å²) in [5.74, 6) is 1.24. The van der Waals surface area contributed by atoms with Crippen LogP contribution in [0.25, 0.3) is 11.5 Å². The minimum Gasteiger partial charge on any atom is -0.305 e. The van der Waals surface area contributed by atoms with Crippen LogP contribution in [0, 0.1) is 6.92 Å². The second-order valence-electron chi connectivity index (χ2n) is 6.35. The highest BCUT2D eigenvalue weighted by atomic mass is 16.1. The van der Waals surface area contributed by atoms with Crippen LogP contribution >= 0.6 is 0 Å². The number of aromatic nitrogens is 6. The van der Waals surface area contributed by atoms with Crippen LogP contribution in [0.4, 0.5) is 0 Å². The van der Waals surface area contributed by atoms with Crippen molar-refractivity contribution in [2.45, 2.75) is 26.3 Å². The number of nitrogens with zero attached hydrogens (tertiary/aromatic N) is 6. The number of hydrogen-bond acceptors (Lipinski definition) is 7. The average Bonchev–Trinajstić information content (AvgIpc) is 2.87. The summed E-state index contributed by atoms with van der Waals surface area (Å²) in [6.45, 7) is 4.27. The van der Waals surface area contributed by atoms with Gasteiger partial charge in [0.05, 0.1) is 11.9 Å². The molecule has 0 saturated carbocycles. The SMILES string of the molecule is Cc1ncc(CN2CCc3nc(-c4cnccn4)[nH]c(=O)c3CC2)cn1. The van der Waals surface area contributed by atoms with E-state index in [-0.39, 0.29) is 5.56 Å². The second kappa shape index (κ2) is 7.09. The maximum Gasteiger partial charge on any atom is 0.254 e. The summed E-state index contributed by atoms with van der Waals surface area (Å²) in [5.41, 5.74) is 3.17. The highest BCUT2D eigenvalue weighted by molar-refractivity contribution is 5.47. The molecule has 0 bridgehead atoms. The third kappa shape index (κ3) is 3.50. The predicted molar refractivity (Wildman–Crippen MR) is 95.3 cm³/mol. The maximum absolute atomic E-state index is 12.5. The molecular weight excluding hydrogens is 330 g/mol. The molecule has 0 radical (unpaired) electrons. The molecule has 3 aromatic rings. The number of H-pyrrole nitrogens is 1. The lowest BCUT2D eigenvalue weighted by molar-refractivity contribution is 0.278. The zero-order valence-electron chi connectivity index (χ0n) is 14.5. The molecule has 1 aliphatic heterocycles. The van der Waals surface area contributed by atoms with Gasteiger partial charge >= 0.3 is 0 Å². The average molecular weight is 349 g/mol. The summed E-state index contributed by atoms with van der Waals surface area (Å²) < 4.78 is 0. The van der Waals surface area contributed by atoms with Crippen molar-refractivity contribution >= 4 is 0 Å². The van der Waals surface area contributed by atoms with E-state index in [0.717, 1.165) is 48.7 Å². The lowest BCUT2D eigenvalue weighted by atomic mass is 10.1. The Balaban J connectivity index is 1.55. The Morgan fingerprint density at radius 2 is 1.88 bits per heavy atom. The molecule has 8 heteroatoms. The maximum atomic E-state index is 12.5. The summed E-state index contributed by atoms with van der Waals surface area (Å²) in [7, 11) is 0. The van der Waals surface area contributed by atoms with Crippen molar-refractivity contribution in [3.63, 3.8) is 0 Å². The first-order chi connectivity index (χ1) is 12.7. The molecule has 132 valence electrons. The van der Waals surface area contributed by atoms with Crippen molar-refractivity contribution in [2.24, 2.45) is 0 Å². The molecule has 0 saturated heterocycles. The highest BCUT2D eigenvalue weighted by Crippen LogP contribution is 2.16. The van der Waals surface area contributed by atoms with Gasteiger partial charge in [-0.2, -0.15) is 0 Å². The molecule has 0 fully saturated rings. The van der Waals surface area contributed by atoms with E-state index in [1.165, 1.54) is 0 Å². The topological polar surface area (TPSA) is 101 Å². The van der Waals surface area contributed by atoms with Crippen LogP contribution in [0.5, 0.6) is 0 Å². The van der Waals surface area contributed by atoms with E-state index >= 15 is 0 Å². The number of hydrogen-bond donors (Lipinski definition) is 1. The van der Waals surface area contributed by atoms with E-state index in [2.05, 4.69) is 34.8 Å². The summed E-state index contributed by atoms with van der Waals surface area (Å²) in [6, 6.07) is 0. The Labute approximate surface area is 150 Å². The fraction of sp³-hybridized carbons (Fsp3) is 0.333. The second-order valence-corrected chi connectivity index (χ2v) is 6.35. The smallest absolute Gasteiger partial charge is 0.254 e. The van der Waals surface area contributed by atoms with E-state index in [9.17, 15) is 4.79 Å².